The number of furan rings is 1. The SMILES string of the molecule is Cc1cc(C)cc(OCc2ccc(C(=O)Nc3ccn(Cc4c(F)c(F)c(F)c(F)c4F)n3)o2)c1. The minimum Gasteiger partial charge on any atom is -0.486 e. The lowest BCUT2D eigenvalue weighted by molar-refractivity contribution is 0.0992. The zero-order valence-corrected chi connectivity index (χ0v) is 18.5. The molecular formula is C24H18F5N3O3. The number of nitrogens with zero attached hydrogens (tertiary/aromatic N) is 2. The lowest BCUT2D eigenvalue weighted by atomic mass is 10.1. The molecule has 6 nitrogen and oxygen atoms in total. The summed E-state index contributed by atoms with van der Waals surface area (Å²) in [6, 6.07) is 10.0. The highest BCUT2D eigenvalue weighted by Crippen LogP contribution is 2.24. The molecule has 1 N–H and O–H groups in total. The van der Waals surface area contributed by atoms with Crippen molar-refractivity contribution in [3.8, 4) is 5.75 Å². The van der Waals surface area contributed by atoms with Crippen LogP contribution in [0.5, 0.6) is 5.75 Å². The van der Waals surface area contributed by atoms with E-state index in [1.165, 1.54) is 18.3 Å². The second-order valence-corrected chi connectivity index (χ2v) is 7.78. The van der Waals surface area contributed by atoms with Crippen LogP contribution in [0.15, 0.2) is 47.0 Å². The number of hydrogen-bond donors (Lipinski definition) is 1. The Labute approximate surface area is 195 Å². The first kappa shape index (κ1) is 24.0. The second kappa shape index (κ2) is 9.61. The van der Waals surface area contributed by atoms with Gasteiger partial charge in [0.25, 0.3) is 5.91 Å². The topological polar surface area (TPSA) is 69.3 Å². The highest BCUT2D eigenvalue weighted by atomic mass is 19.2. The summed E-state index contributed by atoms with van der Waals surface area (Å²) in [7, 11) is 0. The number of carbonyl (C=O) groups is 1. The van der Waals surface area contributed by atoms with Gasteiger partial charge >= 0.3 is 0 Å². The van der Waals surface area contributed by atoms with Crippen molar-refractivity contribution < 1.29 is 35.9 Å². The smallest absolute Gasteiger partial charge is 0.292 e. The average molecular weight is 491 g/mol. The molecule has 0 unspecified atom stereocenters. The number of aromatic nitrogens is 2. The molecule has 0 aliphatic heterocycles. The first-order chi connectivity index (χ1) is 16.6. The van der Waals surface area contributed by atoms with E-state index in [4.69, 9.17) is 9.15 Å². The van der Waals surface area contributed by atoms with E-state index in [0.717, 1.165) is 15.8 Å². The number of benzene rings is 2. The molecule has 2 aromatic heterocycles. The molecule has 1 amide bonds. The van der Waals surface area contributed by atoms with Gasteiger partial charge in [-0.2, -0.15) is 5.10 Å². The van der Waals surface area contributed by atoms with Crippen molar-refractivity contribution in [3.05, 3.63) is 99.9 Å². The summed E-state index contributed by atoms with van der Waals surface area (Å²) in [5.41, 5.74) is 1.03. The van der Waals surface area contributed by atoms with Crippen molar-refractivity contribution in [1.29, 1.82) is 0 Å². The summed E-state index contributed by atoms with van der Waals surface area (Å²) >= 11 is 0. The Balaban J connectivity index is 1.40. The van der Waals surface area contributed by atoms with Gasteiger partial charge in [0.1, 0.15) is 18.1 Å². The Kier molecular flexibility index (Phi) is 6.59. The zero-order valence-electron chi connectivity index (χ0n) is 18.5. The fraction of sp³-hybridized carbons (Fsp3) is 0.167. The fourth-order valence-corrected chi connectivity index (χ4v) is 3.39. The molecule has 0 spiro atoms. The Morgan fingerprint density at radius 2 is 1.57 bits per heavy atom. The standard InChI is InChI=1S/C24H18F5N3O3/c1-12-7-13(2)9-15(8-12)34-11-14-3-4-17(35-14)24(33)30-18-5-6-32(31-18)10-16-19(25)21(27)23(29)22(28)20(16)26/h3-9H,10-11H2,1-2H3,(H,30,31,33). The van der Waals surface area contributed by atoms with Crippen LogP contribution in [0.25, 0.3) is 0 Å². The van der Waals surface area contributed by atoms with Crippen molar-refractivity contribution in [1.82, 2.24) is 9.78 Å². The molecule has 35 heavy (non-hydrogen) atoms. The van der Waals surface area contributed by atoms with Crippen LogP contribution in [-0.2, 0) is 13.2 Å². The van der Waals surface area contributed by atoms with Gasteiger partial charge < -0.3 is 14.5 Å². The van der Waals surface area contributed by atoms with Crippen molar-refractivity contribution in [2.45, 2.75) is 27.0 Å². The van der Waals surface area contributed by atoms with Gasteiger partial charge in [-0.05, 0) is 49.2 Å². The van der Waals surface area contributed by atoms with Crippen LogP contribution in [0.3, 0.4) is 0 Å². The van der Waals surface area contributed by atoms with Gasteiger partial charge in [0.05, 0.1) is 12.1 Å². The first-order valence-corrected chi connectivity index (χ1v) is 10.3. The van der Waals surface area contributed by atoms with Gasteiger partial charge in [-0.1, -0.05) is 6.07 Å². The molecule has 0 bridgehead atoms. The van der Waals surface area contributed by atoms with Crippen LogP contribution in [-0.4, -0.2) is 15.7 Å². The van der Waals surface area contributed by atoms with Crippen LogP contribution in [0.2, 0.25) is 0 Å². The molecule has 2 heterocycles. The van der Waals surface area contributed by atoms with E-state index >= 15 is 0 Å². The van der Waals surface area contributed by atoms with Crippen LogP contribution >= 0.6 is 0 Å². The quantitative estimate of drug-likeness (QED) is 0.206. The Morgan fingerprint density at radius 3 is 2.23 bits per heavy atom. The Hall–Kier alpha value is -4.15. The predicted octanol–water partition coefficient (Wildman–Crippen LogP) is 5.67. The maximum atomic E-state index is 13.9. The maximum Gasteiger partial charge on any atom is 0.292 e. The van der Waals surface area contributed by atoms with Gasteiger partial charge in [0.15, 0.2) is 34.8 Å². The molecule has 2 aromatic carbocycles. The third-order valence-corrected chi connectivity index (χ3v) is 4.96. The number of nitrogens with one attached hydrogen (secondary N) is 1. The summed E-state index contributed by atoms with van der Waals surface area (Å²) in [4.78, 5) is 12.4. The molecule has 182 valence electrons. The molecule has 4 aromatic rings. The highest BCUT2D eigenvalue weighted by Gasteiger charge is 2.26. The van der Waals surface area contributed by atoms with Crippen molar-refractivity contribution in [2.75, 3.05) is 5.32 Å². The van der Waals surface area contributed by atoms with Gasteiger partial charge in [-0.25, -0.2) is 22.0 Å². The summed E-state index contributed by atoms with van der Waals surface area (Å²) in [6.45, 7) is 3.23. The molecule has 0 saturated heterocycles. The number of amides is 1. The Morgan fingerprint density at radius 1 is 0.943 bits per heavy atom. The molecule has 11 heteroatoms. The first-order valence-electron chi connectivity index (χ1n) is 10.3. The number of ether oxygens (including phenoxy) is 1. The van der Waals surface area contributed by atoms with Crippen molar-refractivity contribution in [2.24, 2.45) is 0 Å². The van der Waals surface area contributed by atoms with E-state index in [2.05, 4.69) is 10.4 Å². The molecular weight excluding hydrogens is 473 g/mol. The fourth-order valence-electron chi connectivity index (χ4n) is 3.39. The summed E-state index contributed by atoms with van der Waals surface area (Å²) in [5.74, 6) is -9.91. The molecule has 0 aliphatic rings. The van der Waals surface area contributed by atoms with Crippen LogP contribution in [0.4, 0.5) is 27.8 Å². The number of rotatable bonds is 7. The summed E-state index contributed by atoms with van der Waals surface area (Å²) in [5, 5.41) is 6.31. The molecule has 0 atom stereocenters. The highest BCUT2D eigenvalue weighted by molar-refractivity contribution is 6.01. The van der Waals surface area contributed by atoms with E-state index in [9.17, 15) is 26.7 Å². The third-order valence-electron chi connectivity index (χ3n) is 4.96. The summed E-state index contributed by atoms with van der Waals surface area (Å²) in [6.07, 6.45) is 1.21. The van der Waals surface area contributed by atoms with Gasteiger partial charge in [0, 0.05) is 12.3 Å². The monoisotopic (exact) mass is 491 g/mol. The number of aryl methyl sites for hydroxylation is 2. The number of hydrogen-bond acceptors (Lipinski definition) is 4. The minimum absolute atomic E-state index is 0.0247. The predicted molar refractivity (Wildman–Crippen MR) is 114 cm³/mol. The second-order valence-electron chi connectivity index (χ2n) is 7.78. The van der Waals surface area contributed by atoms with Gasteiger partial charge in [0.2, 0.25) is 5.82 Å². The molecule has 0 radical (unpaired) electrons. The number of anilines is 1. The Bertz CT molecular complexity index is 1360. The lowest BCUT2D eigenvalue weighted by Gasteiger charge is -2.08. The van der Waals surface area contributed by atoms with Crippen LogP contribution in [0, 0.1) is 42.9 Å². The van der Waals surface area contributed by atoms with E-state index in [-0.39, 0.29) is 18.2 Å². The number of carbonyl (C=O) groups excluding carboxylic acids is 1. The number of halogens is 5. The molecule has 0 aliphatic carbocycles. The van der Waals surface area contributed by atoms with E-state index in [0.29, 0.717) is 11.5 Å². The van der Waals surface area contributed by atoms with Crippen molar-refractivity contribution >= 4 is 11.7 Å². The normalized spacial score (nSPS) is 11.1. The van der Waals surface area contributed by atoms with Gasteiger partial charge in [-0.3, -0.25) is 9.48 Å². The lowest BCUT2D eigenvalue weighted by Crippen LogP contribution is -2.13. The molecule has 4 rings (SSSR count). The molecule has 0 saturated carbocycles. The summed E-state index contributed by atoms with van der Waals surface area (Å²) < 4.78 is 79.8. The minimum atomic E-state index is -2.24. The maximum absolute atomic E-state index is 13.9. The van der Waals surface area contributed by atoms with Crippen LogP contribution < -0.4 is 10.1 Å². The zero-order chi connectivity index (χ0) is 25.3. The third kappa shape index (κ3) is 5.18. The molecule has 0 fully saturated rings. The van der Waals surface area contributed by atoms with E-state index in [1.807, 2.05) is 32.0 Å². The average Bonchev–Trinajstić information content (AvgIpc) is 3.47. The van der Waals surface area contributed by atoms with Crippen LogP contribution in [0.1, 0.15) is 33.0 Å². The van der Waals surface area contributed by atoms with Crippen molar-refractivity contribution in [3.63, 3.8) is 0 Å². The van der Waals surface area contributed by atoms with E-state index < -0.39 is 47.1 Å². The van der Waals surface area contributed by atoms with Gasteiger partial charge in [-0.15, -0.1) is 0 Å². The largest absolute Gasteiger partial charge is 0.486 e. The van der Waals surface area contributed by atoms with E-state index in [1.54, 1.807) is 6.07 Å².